The van der Waals surface area contributed by atoms with E-state index < -0.39 is 11.9 Å². The van der Waals surface area contributed by atoms with Gasteiger partial charge in [0.1, 0.15) is 5.75 Å². The van der Waals surface area contributed by atoms with Crippen molar-refractivity contribution in [1.29, 1.82) is 0 Å². The lowest BCUT2D eigenvalue weighted by molar-refractivity contribution is 0.0734. The minimum atomic E-state index is -0.490. The van der Waals surface area contributed by atoms with E-state index in [1.807, 2.05) is 13.0 Å². The minimum Gasteiger partial charge on any atom is -0.422 e. The Bertz CT molecular complexity index is 1150. The van der Waals surface area contributed by atoms with Crippen LogP contribution in [0.4, 0.5) is 0 Å². The van der Waals surface area contributed by atoms with Crippen LogP contribution < -0.4 is 10.2 Å². The number of nitrogens with zero attached hydrogens (tertiary/aromatic N) is 1. The SMILES string of the molecule is Cc1cccc(C(=O)Oc2ccc(Br)cc2/C=N\NC(=O)c2ccc(Cl)c(Cl)c2)c1. The van der Waals surface area contributed by atoms with Crippen LogP contribution in [0.3, 0.4) is 0 Å². The van der Waals surface area contributed by atoms with Crippen molar-refractivity contribution in [2.24, 2.45) is 5.10 Å². The van der Waals surface area contributed by atoms with Crippen molar-refractivity contribution in [3.05, 3.63) is 97.4 Å². The number of amides is 1. The zero-order valence-corrected chi connectivity index (χ0v) is 18.8. The van der Waals surface area contributed by atoms with Crippen molar-refractivity contribution in [3.63, 3.8) is 0 Å². The van der Waals surface area contributed by atoms with Crippen LogP contribution >= 0.6 is 39.1 Å². The molecular weight excluding hydrogens is 491 g/mol. The van der Waals surface area contributed by atoms with Gasteiger partial charge in [-0.05, 0) is 55.5 Å². The number of ether oxygens (including phenoxy) is 1. The lowest BCUT2D eigenvalue weighted by atomic mass is 10.1. The number of carbonyl (C=O) groups is 2. The molecule has 0 aromatic heterocycles. The lowest BCUT2D eigenvalue weighted by Crippen LogP contribution is -2.17. The molecule has 1 amide bonds. The molecular formula is C22H15BrCl2N2O3. The molecule has 0 heterocycles. The Labute approximate surface area is 191 Å². The fourth-order valence-corrected chi connectivity index (χ4v) is 3.18. The number of hydrazone groups is 1. The summed E-state index contributed by atoms with van der Waals surface area (Å²) in [6, 6.07) is 16.7. The number of esters is 1. The summed E-state index contributed by atoms with van der Waals surface area (Å²) in [7, 11) is 0. The summed E-state index contributed by atoms with van der Waals surface area (Å²) in [6.07, 6.45) is 1.39. The number of hydrogen-bond donors (Lipinski definition) is 1. The molecule has 8 heteroatoms. The average molecular weight is 506 g/mol. The summed E-state index contributed by atoms with van der Waals surface area (Å²) in [6.45, 7) is 1.89. The van der Waals surface area contributed by atoms with Crippen LogP contribution in [-0.4, -0.2) is 18.1 Å². The molecule has 3 aromatic carbocycles. The highest BCUT2D eigenvalue weighted by Gasteiger charge is 2.12. The van der Waals surface area contributed by atoms with E-state index in [-0.39, 0.29) is 5.02 Å². The van der Waals surface area contributed by atoms with E-state index in [0.29, 0.717) is 27.5 Å². The average Bonchev–Trinajstić information content (AvgIpc) is 2.71. The molecule has 1 N–H and O–H groups in total. The smallest absolute Gasteiger partial charge is 0.343 e. The Morgan fingerprint density at radius 1 is 1.00 bits per heavy atom. The van der Waals surface area contributed by atoms with Gasteiger partial charge in [-0.3, -0.25) is 4.79 Å². The number of rotatable bonds is 5. The highest BCUT2D eigenvalue weighted by Crippen LogP contribution is 2.24. The molecule has 0 bridgehead atoms. The van der Waals surface area contributed by atoms with Gasteiger partial charge in [0.2, 0.25) is 0 Å². The number of carbonyl (C=O) groups excluding carboxylic acids is 2. The van der Waals surface area contributed by atoms with Gasteiger partial charge in [0.25, 0.3) is 5.91 Å². The molecule has 152 valence electrons. The van der Waals surface area contributed by atoms with Gasteiger partial charge in [-0.15, -0.1) is 0 Å². The molecule has 0 fully saturated rings. The van der Waals surface area contributed by atoms with Crippen LogP contribution in [0.5, 0.6) is 5.75 Å². The standard InChI is InChI=1S/C22H15BrCl2N2O3/c1-13-3-2-4-15(9-13)22(29)30-20-8-6-17(23)10-16(20)12-26-27-21(28)14-5-7-18(24)19(25)11-14/h2-12H,1H3,(H,27,28)/b26-12-. The number of aryl methyl sites for hydroxylation is 1. The van der Waals surface area contributed by atoms with Crippen LogP contribution in [0, 0.1) is 6.92 Å². The summed E-state index contributed by atoms with van der Waals surface area (Å²) in [5, 5.41) is 4.57. The Kier molecular flexibility index (Phi) is 7.26. The Balaban J connectivity index is 1.75. The maximum absolute atomic E-state index is 12.5. The van der Waals surface area contributed by atoms with Crippen molar-refractivity contribution >= 4 is 57.2 Å². The second kappa shape index (κ2) is 9.89. The van der Waals surface area contributed by atoms with Gasteiger partial charge in [-0.2, -0.15) is 5.10 Å². The van der Waals surface area contributed by atoms with E-state index in [1.165, 1.54) is 24.4 Å². The Morgan fingerprint density at radius 3 is 2.53 bits per heavy atom. The van der Waals surface area contributed by atoms with Crippen molar-refractivity contribution in [2.75, 3.05) is 0 Å². The van der Waals surface area contributed by atoms with Gasteiger partial charge in [0.15, 0.2) is 0 Å². The molecule has 0 saturated carbocycles. The molecule has 0 atom stereocenters. The van der Waals surface area contributed by atoms with Crippen molar-refractivity contribution in [1.82, 2.24) is 5.43 Å². The fraction of sp³-hybridized carbons (Fsp3) is 0.0455. The van der Waals surface area contributed by atoms with Crippen LogP contribution in [0.2, 0.25) is 10.0 Å². The lowest BCUT2D eigenvalue weighted by Gasteiger charge is -2.08. The quantitative estimate of drug-likeness (QED) is 0.199. The molecule has 0 aliphatic carbocycles. The highest BCUT2D eigenvalue weighted by molar-refractivity contribution is 9.10. The minimum absolute atomic E-state index is 0.269. The summed E-state index contributed by atoms with van der Waals surface area (Å²) >= 11 is 15.2. The first-order chi connectivity index (χ1) is 14.3. The largest absolute Gasteiger partial charge is 0.422 e. The van der Waals surface area contributed by atoms with Crippen LogP contribution in [0.15, 0.2) is 70.2 Å². The summed E-state index contributed by atoms with van der Waals surface area (Å²) < 4.78 is 6.28. The first-order valence-electron chi connectivity index (χ1n) is 8.70. The van der Waals surface area contributed by atoms with Crippen molar-refractivity contribution in [2.45, 2.75) is 6.92 Å². The van der Waals surface area contributed by atoms with E-state index in [1.54, 1.807) is 36.4 Å². The van der Waals surface area contributed by atoms with Gasteiger partial charge < -0.3 is 4.74 Å². The highest BCUT2D eigenvalue weighted by atomic mass is 79.9. The summed E-state index contributed by atoms with van der Waals surface area (Å²) in [5.74, 6) is -0.647. The molecule has 0 aliphatic heterocycles. The molecule has 3 aromatic rings. The maximum Gasteiger partial charge on any atom is 0.343 e. The van der Waals surface area contributed by atoms with E-state index in [9.17, 15) is 9.59 Å². The van der Waals surface area contributed by atoms with Gasteiger partial charge in [0, 0.05) is 15.6 Å². The third-order valence-electron chi connectivity index (χ3n) is 3.98. The molecule has 0 radical (unpaired) electrons. The zero-order valence-electron chi connectivity index (χ0n) is 15.7. The molecule has 3 rings (SSSR count). The molecule has 0 spiro atoms. The van der Waals surface area contributed by atoms with Gasteiger partial charge >= 0.3 is 5.97 Å². The molecule has 5 nitrogen and oxygen atoms in total. The summed E-state index contributed by atoms with van der Waals surface area (Å²) in [4.78, 5) is 24.7. The first kappa shape index (κ1) is 22.0. The Hall–Kier alpha value is -2.67. The third kappa shape index (κ3) is 5.69. The topological polar surface area (TPSA) is 67.8 Å². The molecule has 30 heavy (non-hydrogen) atoms. The van der Waals surface area contributed by atoms with Crippen molar-refractivity contribution < 1.29 is 14.3 Å². The van der Waals surface area contributed by atoms with E-state index in [0.717, 1.165) is 10.0 Å². The van der Waals surface area contributed by atoms with E-state index >= 15 is 0 Å². The number of benzene rings is 3. The van der Waals surface area contributed by atoms with Gasteiger partial charge in [-0.1, -0.05) is 56.8 Å². The van der Waals surface area contributed by atoms with E-state index in [4.69, 9.17) is 27.9 Å². The predicted molar refractivity (Wildman–Crippen MR) is 122 cm³/mol. The molecule has 0 saturated heterocycles. The van der Waals surface area contributed by atoms with Crippen molar-refractivity contribution in [3.8, 4) is 5.75 Å². The molecule has 0 aliphatic rings. The zero-order chi connectivity index (χ0) is 21.7. The predicted octanol–water partition coefficient (Wildman–Crippen LogP) is 6.05. The van der Waals surface area contributed by atoms with Crippen LogP contribution in [-0.2, 0) is 0 Å². The number of hydrogen-bond acceptors (Lipinski definition) is 4. The second-order valence-corrected chi connectivity index (χ2v) is 8.00. The van der Waals surface area contributed by atoms with Gasteiger partial charge in [-0.25, -0.2) is 10.2 Å². The summed E-state index contributed by atoms with van der Waals surface area (Å²) in [5.41, 5.74) is 4.60. The fourth-order valence-electron chi connectivity index (χ4n) is 2.51. The maximum atomic E-state index is 12.5. The first-order valence-corrected chi connectivity index (χ1v) is 10.3. The normalized spacial score (nSPS) is 10.8. The Morgan fingerprint density at radius 2 is 1.80 bits per heavy atom. The number of halogens is 3. The van der Waals surface area contributed by atoms with E-state index in [2.05, 4.69) is 26.5 Å². The van der Waals surface area contributed by atoms with Gasteiger partial charge in [0.05, 0.1) is 21.8 Å². The second-order valence-electron chi connectivity index (χ2n) is 6.27. The van der Waals surface area contributed by atoms with Crippen LogP contribution in [0.1, 0.15) is 31.8 Å². The third-order valence-corrected chi connectivity index (χ3v) is 5.21. The van der Waals surface area contributed by atoms with Crippen LogP contribution in [0.25, 0.3) is 0 Å². The molecule has 0 unspecified atom stereocenters. The monoisotopic (exact) mass is 504 g/mol. The number of nitrogens with one attached hydrogen (secondary N) is 1.